The van der Waals surface area contributed by atoms with Crippen LogP contribution >= 0.6 is 0 Å². The molecular formula is C18H20N2O4. The van der Waals surface area contributed by atoms with E-state index >= 15 is 0 Å². The first-order chi connectivity index (χ1) is 11.5. The predicted molar refractivity (Wildman–Crippen MR) is 85.6 cm³/mol. The molecule has 1 aliphatic carbocycles. The fourth-order valence-electron chi connectivity index (χ4n) is 3.45. The van der Waals surface area contributed by atoms with Gasteiger partial charge in [-0.25, -0.2) is 0 Å². The molecular weight excluding hydrogens is 308 g/mol. The summed E-state index contributed by atoms with van der Waals surface area (Å²) in [4.78, 5) is 14.3. The highest BCUT2D eigenvalue weighted by Crippen LogP contribution is 2.33. The number of carbonyl (C=O) groups is 1. The number of benzene rings is 1. The van der Waals surface area contributed by atoms with Crippen LogP contribution in [0.3, 0.4) is 0 Å². The molecule has 5 atom stereocenters. The van der Waals surface area contributed by atoms with Gasteiger partial charge in [-0.1, -0.05) is 30.3 Å². The summed E-state index contributed by atoms with van der Waals surface area (Å²) in [5.74, 6) is -0.635. The molecule has 1 aliphatic heterocycles. The van der Waals surface area contributed by atoms with Gasteiger partial charge in [-0.15, -0.1) is 0 Å². The van der Waals surface area contributed by atoms with E-state index in [4.69, 9.17) is 0 Å². The molecule has 24 heavy (non-hydrogen) atoms. The summed E-state index contributed by atoms with van der Waals surface area (Å²) in [7, 11) is 0. The molecule has 0 unspecified atom stereocenters. The molecule has 1 amide bonds. The minimum atomic E-state index is -1.27. The summed E-state index contributed by atoms with van der Waals surface area (Å²) < 4.78 is 0. The second kappa shape index (κ2) is 6.73. The van der Waals surface area contributed by atoms with E-state index < -0.39 is 18.3 Å². The molecule has 0 bridgehead atoms. The number of carbonyl (C=O) groups excluding carboxylic acids is 1. The second-order valence-electron chi connectivity index (χ2n) is 6.41. The van der Waals surface area contributed by atoms with Gasteiger partial charge in [0.1, 0.15) is 12.2 Å². The van der Waals surface area contributed by atoms with E-state index in [0.717, 1.165) is 5.56 Å². The summed E-state index contributed by atoms with van der Waals surface area (Å²) in [6.07, 6.45) is -2.39. The van der Waals surface area contributed by atoms with E-state index in [1.807, 2.05) is 30.3 Å². The van der Waals surface area contributed by atoms with E-state index in [2.05, 4.69) is 6.07 Å². The van der Waals surface area contributed by atoms with Crippen LogP contribution in [0.25, 0.3) is 0 Å². The lowest BCUT2D eigenvalue weighted by Crippen LogP contribution is -2.43. The van der Waals surface area contributed by atoms with Gasteiger partial charge in [0.2, 0.25) is 5.91 Å². The molecule has 3 N–H and O–H groups in total. The highest BCUT2D eigenvalue weighted by molar-refractivity contribution is 5.94. The molecule has 0 radical (unpaired) electrons. The zero-order valence-corrected chi connectivity index (χ0v) is 13.1. The molecule has 6 nitrogen and oxygen atoms in total. The number of nitriles is 1. The van der Waals surface area contributed by atoms with Crippen LogP contribution in [0.2, 0.25) is 0 Å². The van der Waals surface area contributed by atoms with Crippen molar-refractivity contribution in [1.29, 1.82) is 5.26 Å². The third kappa shape index (κ3) is 3.06. The fraction of sp³-hybridized carbons (Fsp3) is 0.444. The number of hydrogen-bond donors (Lipinski definition) is 3. The number of amides is 1. The Hall–Kier alpha value is -2.20. The fourth-order valence-corrected chi connectivity index (χ4v) is 3.45. The van der Waals surface area contributed by atoms with Crippen molar-refractivity contribution in [1.82, 2.24) is 4.90 Å². The van der Waals surface area contributed by atoms with Gasteiger partial charge in [0.15, 0.2) is 0 Å². The summed E-state index contributed by atoms with van der Waals surface area (Å²) in [5.41, 5.74) is 1.30. The van der Waals surface area contributed by atoms with Crippen molar-refractivity contribution in [3.8, 4) is 6.07 Å². The third-order valence-electron chi connectivity index (χ3n) is 4.82. The van der Waals surface area contributed by atoms with Gasteiger partial charge in [-0.2, -0.15) is 5.26 Å². The van der Waals surface area contributed by atoms with Gasteiger partial charge in [-0.3, -0.25) is 4.79 Å². The molecule has 126 valence electrons. The monoisotopic (exact) mass is 328 g/mol. The van der Waals surface area contributed by atoms with Gasteiger partial charge >= 0.3 is 0 Å². The van der Waals surface area contributed by atoms with Crippen molar-refractivity contribution in [3.63, 3.8) is 0 Å². The second-order valence-corrected chi connectivity index (χ2v) is 6.41. The van der Waals surface area contributed by atoms with Crippen LogP contribution < -0.4 is 0 Å². The number of nitrogens with zero attached hydrogens (tertiary/aromatic N) is 2. The van der Waals surface area contributed by atoms with Crippen molar-refractivity contribution in [2.45, 2.75) is 30.7 Å². The predicted octanol–water partition coefficient (Wildman–Crippen LogP) is 0.165. The van der Waals surface area contributed by atoms with Crippen molar-refractivity contribution < 1.29 is 20.1 Å². The van der Waals surface area contributed by atoms with Gasteiger partial charge < -0.3 is 20.2 Å². The molecule has 1 saturated heterocycles. The molecule has 1 aromatic rings. The zero-order chi connectivity index (χ0) is 17.3. The highest BCUT2D eigenvalue weighted by atomic mass is 16.4. The van der Waals surface area contributed by atoms with E-state index in [1.54, 1.807) is 4.90 Å². The maximum absolute atomic E-state index is 12.7. The first kappa shape index (κ1) is 16.7. The molecule has 0 aromatic heterocycles. The van der Waals surface area contributed by atoms with E-state index in [9.17, 15) is 25.4 Å². The Kier molecular flexibility index (Phi) is 4.67. The van der Waals surface area contributed by atoms with Crippen LogP contribution in [0.4, 0.5) is 0 Å². The number of likely N-dealkylation sites (tertiary alicyclic amines) is 1. The number of aliphatic hydroxyl groups excluding tert-OH is 3. The Balaban J connectivity index is 1.78. The molecule has 6 heteroatoms. The minimum Gasteiger partial charge on any atom is -0.390 e. The lowest BCUT2D eigenvalue weighted by atomic mass is 9.90. The Morgan fingerprint density at radius 2 is 1.88 bits per heavy atom. The molecule has 3 rings (SSSR count). The third-order valence-corrected chi connectivity index (χ3v) is 4.82. The molecule has 1 heterocycles. The molecule has 1 aromatic carbocycles. The van der Waals surface area contributed by atoms with Gasteiger partial charge in [0.05, 0.1) is 18.1 Å². The van der Waals surface area contributed by atoms with Crippen LogP contribution in [0, 0.1) is 17.2 Å². The Bertz CT molecular complexity index is 682. The van der Waals surface area contributed by atoms with Crippen LogP contribution in [-0.4, -0.2) is 57.5 Å². The average Bonchev–Trinajstić information content (AvgIpc) is 3.03. The molecule has 0 spiro atoms. The average molecular weight is 328 g/mol. The van der Waals surface area contributed by atoms with Crippen LogP contribution in [0.15, 0.2) is 42.0 Å². The zero-order valence-electron chi connectivity index (χ0n) is 13.1. The SMILES string of the molecule is N#C[C@@H]1CN(C(=O)C2=C[C@@H](O)[C@@H](O)[C@H](O)C2)C[C@H]1c1ccccc1. The summed E-state index contributed by atoms with van der Waals surface area (Å²) in [5, 5.41) is 38.5. The maximum Gasteiger partial charge on any atom is 0.249 e. The van der Waals surface area contributed by atoms with Crippen LogP contribution in [0.1, 0.15) is 17.9 Å². The van der Waals surface area contributed by atoms with Gasteiger partial charge in [-0.05, 0) is 11.6 Å². The van der Waals surface area contributed by atoms with E-state index in [0.29, 0.717) is 13.1 Å². The quantitative estimate of drug-likeness (QED) is 0.717. The van der Waals surface area contributed by atoms with E-state index in [1.165, 1.54) is 6.08 Å². The number of aliphatic hydroxyl groups is 3. The van der Waals surface area contributed by atoms with Crippen LogP contribution in [0.5, 0.6) is 0 Å². The van der Waals surface area contributed by atoms with Crippen LogP contribution in [-0.2, 0) is 4.79 Å². The standard InChI is InChI=1S/C18H20N2O4/c19-8-13-9-20(10-14(13)11-4-2-1-3-5-11)18(24)12-6-15(21)17(23)16(22)7-12/h1-6,13-17,21-23H,7,9-10H2/t13-,14+,15-,16-,17-/m1/s1. The summed E-state index contributed by atoms with van der Waals surface area (Å²) >= 11 is 0. The summed E-state index contributed by atoms with van der Waals surface area (Å²) in [6.45, 7) is 0.744. The topological polar surface area (TPSA) is 105 Å². The lowest BCUT2D eigenvalue weighted by molar-refractivity contribution is -0.127. The summed E-state index contributed by atoms with van der Waals surface area (Å²) in [6, 6.07) is 11.9. The number of rotatable bonds is 2. The minimum absolute atomic E-state index is 0.000778. The van der Waals surface area contributed by atoms with Crippen molar-refractivity contribution in [3.05, 3.63) is 47.5 Å². The Labute approximate surface area is 140 Å². The first-order valence-electron chi connectivity index (χ1n) is 8.00. The highest BCUT2D eigenvalue weighted by Gasteiger charge is 2.39. The first-order valence-corrected chi connectivity index (χ1v) is 8.00. The Morgan fingerprint density at radius 3 is 2.50 bits per heavy atom. The maximum atomic E-state index is 12.7. The van der Waals surface area contributed by atoms with Gasteiger partial charge in [0, 0.05) is 31.0 Å². The largest absolute Gasteiger partial charge is 0.390 e. The molecule has 0 saturated carbocycles. The number of hydrogen-bond acceptors (Lipinski definition) is 5. The molecule has 1 fully saturated rings. The van der Waals surface area contributed by atoms with E-state index in [-0.39, 0.29) is 29.7 Å². The van der Waals surface area contributed by atoms with Gasteiger partial charge in [0.25, 0.3) is 0 Å². The Morgan fingerprint density at radius 1 is 1.17 bits per heavy atom. The lowest BCUT2D eigenvalue weighted by Gasteiger charge is -2.29. The van der Waals surface area contributed by atoms with Crippen molar-refractivity contribution >= 4 is 5.91 Å². The van der Waals surface area contributed by atoms with Crippen molar-refractivity contribution in [2.24, 2.45) is 5.92 Å². The van der Waals surface area contributed by atoms with Crippen molar-refractivity contribution in [2.75, 3.05) is 13.1 Å². The molecule has 2 aliphatic rings. The smallest absolute Gasteiger partial charge is 0.249 e. The normalized spacial score (nSPS) is 33.0.